The summed E-state index contributed by atoms with van der Waals surface area (Å²) in [5.74, 6) is -0.472. The topological polar surface area (TPSA) is 101 Å². The number of aromatic amines is 1. The summed E-state index contributed by atoms with van der Waals surface area (Å²) in [5, 5.41) is 0.830. The highest BCUT2D eigenvalue weighted by molar-refractivity contribution is 7.89. The van der Waals surface area contributed by atoms with Crippen molar-refractivity contribution in [3.63, 3.8) is 0 Å². The summed E-state index contributed by atoms with van der Waals surface area (Å²) in [6, 6.07) is 9.22. The van der Waals surface area contributed by atoms with E-state index in [2.05, 4.69) is 14.7 Å². The minimum absolute atomic E-state index is 0.00607. The Labute approximate surface area is 151 Å². The third-order valence-electron chi connectivity index (χ3n) is 4.19. The van der Waals surface area contributed by atoms with E-state index in [-0.39, 0.29) is 5.75 Å². The predicted octanol–water partition coefficient (Wildman–Crippen LogP) is 2.11. The summed E-state index contributed by atoms with van der Waals surface area (Å²) in [7, 11) is -0.556. The summed E-state index contributed by atoms with van der Waals surface area (Å²) >= 11 is 0. The fraction of sp³-hybridized carbons (Fsp3) is 0.222. The minimum atomic E-state index is -3.29. The van der Waals surface area contributed by atoms with Gasteiger partial charge >= 0.3 is 5.97 Å². The van der Waals surface area contributed by atoms with Crippen LogP contribution in [0.5, 0.6) is 0 Å². The van der Waals surface area contributed by atoms with Crippen molar-refractivity contribution in [2.24, 2.45) is 0 Å². The number of nitrogens with zero attached hydrogens (tertiary/aromatic N) is 1. The molecule has 2 N–H and O–H groups in total. The third-order valence-corrected chi connectivity index (χ3v) is 5.56. The van der Waals surface area contributed by atoms with Gasteiger partial charge in [-0.15, -0.1) is 0 Å². The Balaban J connectivity index is 2.11. The molecule has 0 fully saturated rings. The number of sulfonamides is 1. The average molecular weight is 373 g/mol. The van der Waals surface area contributed by atoms with Crippen LogP contribution in [0.3, 0.4) is 0 Å². The van der Waals surface area contributed by atoms with Crippen LogP contribution in [0.1, 0.15) is 16.1 Å². The van der Waals surface area contributed by atoms with E-state index in [0.717, 1.165) is 22.0 Å². The number of hydrogen-bond donors (Lipinski definition) is 2. The second kappa shape index (κ2) is 7.27. The first kappa shape index (κ1) is 18.1. The van der Waals surface area contributed by atoms with Crippen LogP contribution in [0.25, 0.3) is 22.0 Å². The molecule has 136 valence electrons. The molecule has 0 amide bonds. The van der Waals surface area contributed by atoms with Gasteiger partial charge in [0.05, 0.1) is 12.9 Å². The zero-order chi connectivity index (χ0) is 18.7. The molecule has 3 rings (SSSR count). The predicted molar refractivity (Wildman–Crippen MR) is 99.4 cm³/mol. The van der Waals surface area contributed by atoms with E-state index in [1.165, 1.54) is 14.2 Å². The fourth-order valence-corrected chi connectivity index (χ4v) is 3.53. The number of hydrogen-bond acceptors (Lipinski definition) is 5. The largest absolute Gasteiger partial charge is 0.464 e. The van der Waals surface area contributed by atoms with Crippen molar-refractivity contribution in [1.82, 2.24) is 14.7 Å². The second-order valence-corrected chi connectivity index (χ2v) is 7.80. The second-order valence-electron chi connectivity index (χ2n) is 5.76. The number of benzene rings is 1. The molecule has 7 nitrogen and oxygen atoms in total. The van der Waals surface area contributed by atoms with Gasteiger partial charge in [-0.25, -0.2) is 17.9 Å². The van der Waals surface area contributed by atoms with Gasteiger partial charge in [0.1, 0.15) is 5.69 Å². The molecular weight excluding hydrogens is 354 g/mol. The van der Waals surface area contributed by atoms with Gasteiger partial charge in [0.25, 0.3) is 0 Å². The molecule has 0 unspecified atom stereocenters. The number of fused-ring (bicyclic) bond motifs is 1. The molecule has 0 atom stereocenters. The van der Waals surface area contributed by atoms with Crippen LogP contribution < -0.4 is 4.72 Å². The lowest BCUT2D eigenvalue weighted by Crippen LogP contribution is -2.23. The average Bonchev–Trinajstić information content (AvgIpc) is 3.05. The van der Waals surface area contributed by atoms with Crippen molar-refractivity contribution >= 4 is 26.9 Å². The third kappa shape index (κ3) is 3.61. The monoisotopic (exact) mass is 373 g/mol. The number of H-pyrrole nitrogens is 1. The summed E-state index contributed by atoms with van der Waals surface area (Å²) in [6.07, 6.45) is 3.67. The SMILES string of the molecule is CNS(=O)(=O)CCc1ccc2[nH]c(C(=O)OC)c(-c3ccncc3)c2c1. The van der Waals surface area contributed by atoms with Crippen LogP contribution in [0.15, 0.2) is 42.7 Å². The molecular formula is C18H19N3O4S. The van der Waals surface area contributed by atoms with E-state index in [1.54, 1.807) is 12.4 Å². The van der Waals surface area contributed by atoms with Crippen molar-refractivity contribution < 1.29 is 17.9 Å². The zero-order valence-corrected chi connectivity index (χ0v) is 15.3. The summed E-state index contributed by atoms with van der Waals surface area (Å²) in [6.45, 7) is 0. The van der Waals surface area contributed by atoms with Gasteiger partial charge in [0.2, 0.25) is 10.0 Å². The lowest BCUT2D eigenvalue weighted by Gasteiger charge is -2.05. The number of methoxy groups -OCH3 is 1. The molecule has 8 heteroatoms. The van der Waals surface area contributed by atoms with Gasteiger partial charge < -0.3 is 9.72 Å². The van der Waals surface area contributed by atoms with Crippen molar-refractivity contribution in [2.75, 3.05) is 19.9 Å². The Morgan fingerprint density at radius 3 is 2.62 bits per heavy atom. The molecule has 0 bridgehead atoms. The van der Waals surface area contributed by atoms with Gasteiger partial charge in [-0.2, -0.15) is 0 Å². The molecule has 2 aromatic heterocycles. The summed E-state index contributed by atoms with van der Waals surface area (Å²) in [5.41, 5.74) is 3.53. The lowest BCUT2D eigenvalue weighted by molar-refractivity contribution is 0.0596. The van der Waals surface area contributed by atoms with Crippen molar-refractivity contribution in [1.29, 1.82) is 0 Å². The fourth-order valence-electron chi connectivity index (χ4n) is 2.82. The minimum Gasteiger partial charge on any atom is -0.464 e. The lowest BCUT2D eigenvalue weighted by atomic mass is 10.0. The maximum Gasteiger partial charge on any atom is 0.355 e. The number of aromatic nitrogens is 2. The molecule has 0 saturated heterocycles. The molecule has 0 saturated carbocycles. The smallest absolute Gasteiger partial charge is 0.355 e. The molecule has 0 aliphatic rings. The van der Waals surface area contributed by atoms with E-state index in [4.69, 9.17) is 4.74 Å². The quantitative estimate of drug-likeness (QED) is 0.645. The number of ether oxygens (including phenoxy) is 1. The first-order valence-electron chi connectivity index (χ1n) is 7.99. The van der Waals surface area contributed by atoms with E-state index >= 15 is 0 Å². The molecule has 1 aromatic carbocycles. The Bertz CT molecular complexity index is 1040. The first-order valence-corrected chi connectivity index (χ1v) is 9.65. The number of pyridine rings is 1. The summed E-state index contributed by atoms with van der Waals surface area (Å²) < 4.78 is 30.5. The highest BCUT2D eigenvalue weighted by atomic mass is 32.2. The van der Waals surface area contributed by atoms with Crippen LogP contribution in [-0.2, 0) is 21.2 Å². The van der Waals surface area contributed by atoms with E-state index in [0.29, 0.717) is 17.7 Å². The van der Waals surface area contributed by atoms with Gasteiger partial charge in [0, 0.05) is 28.9 Å². The standard InChI is InChI=1S/C18H19N3O4S/c1-19-26(23,24)10-7-12-3-4-15-14(11-12)16(13-5-8-20-9-6-13)17(21-15)18(22)25-2/h3-6,8-9,11,19,21H,7,10H2,1-2H3. The van der Waals surface area contributed by atoms with Crippen LogP contribution in [0.4, 0.5) is 0 Å². The summed E-state index contributed by atoms with van der Waals surface area (Å²) in [4.78, 5) is 19.3. The zero-order valence-electron chi connectivity index (χ0n) is 14.4. The first-order chi connectivity index (χ1) is 12.4. The number of nitrogens with one attached hydrogen (secondary N) is 2. The normalized spacial score (nSPS) is 11.6. The highest BCUT2D eigenvalue weighted by Crippen LogP contribution is 2.33. The van der Waals surface area contributed by atoms with E-state index in [9.17, 15) is 13.2 Å². The Hall–Kier alpha value is -2.71. The Kier molecular flexibility index (Phi) is 5.06. The van der Waals surface area contributed by atoms with Gasteiger partial charge in [-0.05, 0) is 48.9 Å². The van der Waals surface area contributed by atoms with Crippen LogP contribution in [-0.4, -0.2) is 44.3 Å². The van der Waals surface area contributed by atoms with Gasteiger partial charge in [0.15, 0.2) is 0 Å². The van der Waals surface area contributed by atoms with E-state index in [1.807, 2.05) is 30.3 Å². The molecule has 3 aromatic rings. The number of carbonyl (C=O) groups is 1. The van der Waals surface area contributed by atoms with Gasteiger partial charge in [-0.1, -0.05) is 6.07 Å². The molecule has 0 spiro atoms. The highest BCUT2D eigenvalue weighted by Gasteiger charge is 2.20. The van der Waals surface area contributed by atoms with Crippen LogP contribution in [0, 0.1) is 0 Å². The van der Waals surface area contributed by atoms with Crippen molar-refractivity contribution in [3.8, 4) is 11.1 Å². The number of esters is 1. The van der Waals surface area contributed by atoms with E-state index < -0.39 is 16.0 Å². The maximum absolute atomic E-state index is 12.2. The van der Waals surface area contributed by atoms with Crippen LogP contribution >= 0.6 is 0 Å². The maximum atomic E-state index is 12.2. The van der Waals surface area contributed by atoms with Gasteiger partial charge in [-0.3, -0.25) is 4.98 Å². The molecule has 2 heterocycles. The number of aryl methyl sites for hydroxylation is 1. The Morgan fingerprint density at radius 2 is 1.96 bits per heavy atom. The Morgan fingerprint density at radius 1 is 1.23 bits per heavy atom. The number of rotatable bonds is 6. The van der Waals surface area contributed by atoms with Crippen LogP contribution in [0.2, 0.25) is 0 Å². The molecule has 0 aliphatic carbocycles. The van der Waals surface area contributed by atoms with Crippen molar-refractivity contribution in [2.45, 2.75) is 6.42 Å². The molecule has 26 heavy (non-hydrogen) atoms. The number of carbonyl (C=O) groups excluding carboxylic acids is 1. The van der Waals surface area contributed by atoms with Crippen molar-refractivity contribution in [3.05, 3.63) is 54.0 Å². The molecule has 0 aliphatic heterocycles. The molecule has 0 radical (unpaired) electrons.